The van der Waals surface area contributed by atoms with E-state index in [1.54, 1.807) is 0 Å². The molecular weight excluding hydrogens is 293 g/mol. The number of fused-ring (bicyclic) bond motifs is 1. The first-order valence-electron chi connectivity index (χ1n) is 5.92. The normalized spacial score (nSPS) is 15.1. The summed E-state index contributed by atoms with van der Waals surface area (Å²) < 4.78 is 39.6. The molecule has 2 N–H and O–H groups in total. The predicted molar refractivity (Wildman–Crippen MR) is 61.2 cm³/mol. The maximum absolute atomic E-state index is 12.7. The highest BCUT2D eigenvalue weighted by Gasteiger charge is 2.39. The highest BCUT2D eigenvalue weighted by molar-refractivity contribution is 5.93. The zero-order valence-electron chi connectivity index (χ0n) is 10.4. The standard InChI is InChI=1S/C10H9F3N6O2/c11-10(12,13)7-6(14-4-15-7)8(20)18-1-2-19-5(3-18)16-17-9(19)21/h4H,1-3H2,(H,14,15)(H,17,21). The van der Waals surface area contributed by atoms with Gasteiger partial charge in [-0.1, -0.05) is 0 Å². The molecule has 11 heteroatoms. The molecule has 1 aliphatic heterocycles. The molecule has 1 amide bonds. The molecule has 3 heterocycles. The highest BCUT2D eigenvalue weighted by Crippen LogP contribution is 2.30. The van der Waals surface area contributed by atoms with Gasteiger partial charge >= 0.3 is 11.9 Å². The maximum atomic E-state index is 12.7. The Balaban J connectivity index is 1.88. The number of amides is 1. The van der Waals surface area contributed by atoms with Gasteiger partial charge in [-0.3, -0.25) is 9.36 Å². The van der Waals surface area contributed by atoms with Crippen LogP contribution in [0, 0.1) is 0 Å². The van der Waals surface area contributed by atoms with E-state index < -0.39 is 29.2 Å². The third-order valence-electron chi connectivity index (χ3n) is 3.18. The van der Waals surface area contributed by atoms with Crippen LogP contribution in [0.3, 0.4) is 0 Å². The fraction of sp³-hybridized carbons (Fsp3) is 0.400. The number of nitrogens with zero attached hydrogens (tertiary/aromatic N) is 4. The van der Waals surface area contributed by atoms with Crippen LogP contribution in [0.5, 0.6) is 0 Å². The maximum Gasteiger partial charge on any atom is 0.433 e. The van der Waals surface area contributed by atoms with E-state index >= 15 is 0 Å². The van der Waals surface area contributed by atoms with E-state index in [1.165, 1.54) is 9.47 Å². The lowest BCUT2D eigenvalue weighted by Crippen LogP contribution is -2.41. The Hall–Kier alpha value is -2.59. The van der Waals surface area contributed by atoms with Crippen LogP contribution in [-0.4, -0.2) is 42.1 Å². The lowest BCUT2D eigenvalue weighted by atomic mass is 10.2. The van der Waals surface area contributed by atoms with Crippen LogP contribution in [0.25, 0.3) is 0 Å². The van der Waals surface area contributed by atoms with E-state index in [-0.39, 0.29) is 19.6 Å². The fourth-order valence-corrected chi connectivity index (χ4v) is 2.17. The zero-order chi connectivity index (χ0) is 15.2. The van der Waals surface area contributed by atoms with E-state index in [0.29, 0.717) is 5.82 Å². The van der Waals surface area contributed by atoms with Gasteiger partial charge in [-0.25, -0.2) is 14.9 Å². The molecule has 0 unspecified atom stereocenters. The van der Waals surface area contributed by atoms with Crippen LogP contribution in [-0.2, 0) is 19.3 Å². The monoisotopic (exact) mass is 302 g/mol. The number of carbonyl (C=O) groups excluding carboxylic acids is 1. The van der Waals surface area contributed by atoms with Gasteiger partial charge in [-0.2, -0.15) is 18.3 Å². The van der Waals surface area contributed by atoms with Gasteiger partial charge in [0, 0.05) is 13.1 Å². The molecule has 112 valence electrons. The highest BCUT2D eigenvalue weighted by atomic mass is 19.4. The first-order valence-corrected chi connectivity index (χ1v) is 5.92. The summed E-state index contributed by atoms with van der Waals surface area (Å²) in [6.07, 6.45) is -3.86. The minimum atomic E-state index is -4.69. The van der Waals surface area contributed by atoms with Crippen molar-refractivity contribution in [3.63, 3.8) is 0 Å². The molecule has 0 spiro atoms. The number of H-pyrrole nitrogens is 2. The van der Waals surface area contributed by atoms with Gasteiger partial charge in [-0.15, -0.1) is 0 Å². The van der Waals surface area contributed by atoms with E-state index in [2.05, 4.69) is 15.2 Å². The van der Waals surface area contributed by atoms with Crippen molar-refractivity contribution in [1.29, 1.82) is 0 Å². The summed E-state index contributed by atoms with van der Waals surface area (Å²) in [5.74, 6) is -0.561. The molecule has 0 saturated heterocycles. The molecule has 0 bridgehead atoms. The first-order chi connectivity index (χ1) is 9.88. The van der Waals surface area contributed by atoms with Crippen LogP contribution in [0.4, 0.5) is 13.2 Å². The van der Waals surface area contributed by atoms with Gasteiger partial charge in [-0.05, 0) is 0 Å². The zero-order valence-corrected chi connectivity index (χ0v) is 10.4. The summed E-state index contributed by atoms with van der Waals surface area (Å²) in [6.45, 7) is 0.222. The van der Waals surface area contributed by atoms with Crippen molar-refractivity contribution in [2.75, 3.05) is 6.54 Å². The van der Waals surface area contributed by atoms with Crippen molar-refractivity contribution in [2.24, 2.45) is 0 Å². The molecule has 21 heavy (non-hydrogen) atoms. The van der Waals surface area contributed by atoms with Gasteiger partial charge < -0.3 is 9.88 Å². The molecule has 8 nitrogen and oxygen atoms in total. The predicted octanol–water partition coefficient (Wildman–Crippen LogP) is -0.0307. The van der Waals surface area contributed by atoms with E-state index in [0.717, 1.165) is 6.33 Å². The van der Waals surface area contributed by atoms with Gasteiger partial charge in [0.2, 0.25) is 0 Å². The number of aromatic nitrogens is 5. The van der Waals surface area contributed by atoms with Crippen molar-refractivity contribution >= 4 is 5.91 Å². The van der Waals surface area contributed by atoms with Crippen LogP contribution in [0.2, 0.25) is 0 Å². The van der Waals surface area contributed by atoms with E-state index in [4.69, 9.17) is 0 Å². The van der Waals surface area contributed by atoms with Crippen molar-refractivity contribution in [1.82, 2.24) is 29.6 Å². The number of rotatable bonds is 1. The second-order valence-corrected chi connectivity index (χ2v) is 4.45. The van der Waals surface area contributed by atoms with Crippen LogP contribution < -0.4 is 5.69 Å². The number of halogens is 3. The number of hydrogen-bond donors (Lipinski definition) is 2. The number of alkyl halides is 3. The second kappa shape index (κ2) is 4.46. The van der Waals surface area contributed by atoms with Gasteiger partial charge in [0.1, 0.15) is 0 Å². The molecule has 3 rings (SSSR count). The third kappa shape index (κ3) is 2.19. The van der Waals surface area contributed by atoms with E-state index in [9.17, 15) is 22.8 Å². The van der Waals surface area contributed by atoms with Crippen molar-refractivity contribution in [3.8, 4) is 0 Å². The molecule has 0 fully saturated rings. The Morgan fingerprint density at radius 2 is 2.10 bits per heavy atom. The number of aromatic amines is 2. The lowest BCUT2D eigenvalue weighted by molar-refractivity contribution is -0.141. The van der Waals surface area contributed by atoms with Gasteiger partial charge in [0.05, 0.1) is 12.9 Å². The Labute approximate surface area is 114 Å². The molecule has 0 atom stereocenters. The Kier molecular flexibility index (Phi) is 2.85. The van der Waals surface area contributed by atoms with Crippen molar-refractivity contribution < 1.29 is 18.0 Å². The minimum Gasteiger partial charge on any atom is -0.340 e. The Morgan fingerprint density at radius 3 is 2.81 bits per heavy atom. The summed E-state index contributed by atoms with van der Waals surface area (Å²) in [4.78, 5) is 30.0. The molecule has 2 aromatic heterocycles. The average Bonchev–Trinajstić information content (AvgIpc) is 3.04. The minimum absolute atomic E-state index is 0.0538. The van der Waals surface area contributed by atoms with Crippen molar-refractivity contribution in [2.45, 2.75) is 19.3 Å². The molecule has 0 aliphatic carbocycles. The Morgan fingerprint density at radius 1 is 1.33 bits per heavy atom. The molecule has 1 aliphatic rings. The lowest BCUT2D eigenvalue weighted by Gasteiger charge is -2.26. The molecule has 0 radical (unpaired) electrons. The number of carbonyl (C=O) groups is 1. The van der Waals surface area contributed by atoms with E-state index in [1.807, 2.05) is 4.98 Å². The summed E-state index contributed by atoms with van der Waals surface area (Å²) in [6, 6.07) is 0. The number of nitrogens with one attached hydrogen (secondary N) is 2. The average molecular weight is 302 g/mol. The second-order valence-electron chi connectivity index (χ2n) is 4.45. The van der Waals surface area contributed by atoms with Gasteiger partial charge in [0.25, 0.3) is 5.91 Å². The van der Waals surface area contributed by atoms with Crippen molar-refractivity contribution in [3.05, 3.63) is 34.0 Å². The number of imidazole rings is 1. The molecular formula is C10H9F3N6O2. The quantitative estimate of drug-likeness (QED) is 0.772. The third-order valence-corrected chi connectivity index (χ3v) is 3.18. The largest absolute Gasteiger partial charge is 0.433 e. The number of hydrogen-bond acceptors (Lipinski definition) is 4. The fourth-order valence-electron chi connectivity index (χ4n) is 2.17. The van der Waals surface area contributed by atoms with Crippen LogP contribution in [0.1, 0.15) is 22.0 Å². The molecule has 0 saturated carbocycles. The SMILES string of the molecule is O=C(c1nc[nH]c1C(F)(F)F)N1CCn2c(n[nH]c2=O)C1. The van der Waals surface area contributed by atoms with Crippen LogP contribution >= 0.6 is 0 Å². The van der Waals surface area contributed by atoms with Gasteiger partial charge in [0.15, 0.2) is 17.2 Å². The summed E-state index contributed by atoms with van der Waals surface area (Å²) >= 11 is 0. The first kappa shape index (κ1) is 13.4. The summed E-state index contributed by atoms with van der Waals surface area (Å²) in [7, 11) is 0. The Bertz CT molecular complexity index is 743. The molecule has 2 aromatic rings. The van der Waals surface area contributed by atoms with Crippen LogP contribution in [0.15, 0.2) is 11.1 Å². The summed E-state index contributed by atoms with van der Waals surface area (Å²) in [5, 5.41) is 5.95. The summed E-state index contributed by atoms with van der Waals surface area (Å²) in [5.41, 5.74) is -2.28. The molecule has 0 aromatic carbocycles. The smallest absolute Gasteiger partial charge is 0.340 e. The topological polar surface area (TPSA) is 99.7 Å².